The van der Waals surface area contributed by atoms with E-state index in [0.717, 1.165) is 19.3 Å². The topological polar surface area (TPSA) is 57.6 Å². The van der Waals surface area contributed by atoms with Gasteiger partial charge in [-0.1, -0.05) is 31.2 Å². The quantitative estimate of drug-likeness (QED) is 0.794. The minimum absolute atomic E-state index is 0.000714. The molecule has 0 saturated carbocycles. The highest BCUT2D eigenvalue weighted by Crippen LogP contribution is 2.09. The average Bonchev–Trinajstić information content (AvgIpc) is 2.45. The summed E-state index contributed by atoms with van der Waals surface area (Å²) in [6, 6.07) is 8.46. The number of carboxylic acid groups (broad SMARTS) is 1. The van der Waals surface area contributed by atoms with Crippen molar-refractivity contribution in [1.82, 2.24) is 4.90 Å². The number of nitrogens with zero attached hydrogens (tertiary/aromatic N) is 1. The number of carbonyl (C=O) groups is 2. The van der Waals surface area contributed by atoms with E-state index < -0.39 is 5.97 Å². The molecule has 0 spiro atoms. The molecule has 0 aliphatic carbocycles. The van der Waals surface area contributed by atoms with E-state index in [-0.39, 0.29) is 18.9 Å². The Morgan fingerprint density at radius 1 is 1.10 bits per heavy atom. The zero-order chi connectivity index (χ0) is 15.0. The Kier molecular flexibility index (Phi) is 6.77. The summed E-state index contributed by atoms with van der Waals surface area (Å²) in [6.07, 6.45) is 3.17. The number of amides is 1. The van der Waals surface area contributed by atoms with Gasteiger partial charge in [-0.25, -0.2) is 0 Å². The second-order valence-corrected chi connectivity index (χ2v) is 4.98. The summed E-state index contributed by atoms with van der Waals surface area (Å²) in [4.78, 5) is 23.7. The normalized spacial score (nSPS) is 10.3. The predicted octanol–water partition coefficient (Wildman–Crippen LogP) is 2.50. The zero-order valence-corrected chi connectivity index (χ0v) is 12.3. The van der Waals surface area contributed by atoms with E-state index in [0.29, 0.717) is 6.42 Å². The van der Waals surface area contributed by atoms with Crippen molar-refractivity contribution in [3.05, 3.63) is 35.4 Å². The number of carboxylic acids is 1. The SMILES string of the molecule is CCc1ccc(CCCC(=O)N(C)CCC(=O)O)cc1. The summed E-state index contributed by atoms with van der Waals surface area (Å²) in [7, 11) is 1.65. The van der Waals surface area contributed by atoms with Crippen LogP contribution in [0.5, 0.6) is 0 Å². The first kappa shape index (κ1) is 16.2. The lowest BCUT2D eigenvalue weighted by atomic mass is 10.0. The van der Waals surface area contributed by atoms with Gasteiger partial charge in [0, 0.05) is 20.0 Å². The molecule has 20 heavy (non-hydrogen) atoms. The summed E-state index contributed by atoms with van der Waals surface area (Å²) in [5.74, 6) is -0.864. The van der Waals surface area contributed by atoms with Crippen LogP contribution >= 0.6 is 0 Å². The van der Waals surface area contributed by atoms with Crippen molar-refractivity contribution in [2.24, 2.45) is 0 Å². The maximum absolute atomic E-state index is 11.8. The summed E-state index contributed by atoms with van der Waals surface area (Å²) in [5, 5.41) is 8.57. The van der Waals surface area contributed by atoms with E-state index in [2.05, 4.69) is 31.2 Å². The Labute approximate surface area is 120 Å². The first-order valence-corrected chi connectivity index (χ1v) is 7.06. The molecule has 0 saturated heterocycles. The summed E-state index contributed by atoms with van der Waals surface area (Å²) in [6.45, 7) is 2.40. The van der Waals surface area contributed by atoms with Crippen LogP contribution in [-0.4, -0.2) is 35.5 Å². The van der Waals surface area contributed by atoms with Crippen LogP contribution in [0.15, 0.2) is 24.3 Å². The van der Waals surface area contributed by atoms with Crippen molar-refractivity contribution in [2.75, 3.05) is 13.6 Å². The third kappa shape index (κ3) is 5.87. The average molecular weight is 277 g/mol. The molecule has 0 atom stereocenters. The fourth-order valence-electron chi connectivity index (χ4n) is 1.96. The minimum Gasteiger partial charge on any atom is -0.481 e. The summed E-state index contributed by atoms with van der Waals surface area (Å²) in [5.41, 5.74) is 2.56. The highest BCUT2D eigenvalue weighted by atomic mass is 16.4. The minimum atomic E-state index is -0.874. The van der Waals surface area contributed by atoms with Crippen molar-refractivity contribution >= 4 is 11.9 Å². The van der Waals surface area contributed by atoms with Crippen molar-refractivity contribution in [3.63, 3.8) is 0 Å². The van der Waals surface area contributed by atoms with Crippen molar-refractivity contribution < 1.29 is 14.7 Å². The summed E-state index contributed by atoms with van der Waals surface area (Å²) < 4.78 is 0. The van der Waals surface area contributed by atoms with E-state index in [1.54, 1.807) is 7.05 Å². The van der Waals surface area contributed by atoms with E-state index in [4.69, 9.17) is 5.11 Å². The lowest BCUT2D eigenvalue weighted by molar-refractivity contribution is -0.138. The molecule has 0 fully saturated rings. The molecule has 0 unspecified atom stereocenters. The third-order valence-corrected chi connectivity index (χ3v) is 3.37. The Bertz CT molecular complexity index is 440. The Balaban J connectivity index is 2.28. The molecule has 4 heteroatoms. The number of hydrogen-bond donors (Lipinski definition) is 1. The Hall–Kier alpha value is -1.84. The van der Waals surface area contributed by atoms with Crippen LogP contribution in [0.3, 0.4) is 0 Å². The molecule has 0 aliphatic rings. The molecule has 1 amide bonds. The van der Waals surface area contributed by atoms with Crippen LogP contribution in [0.25, 0.3) is 0 Å². The first-order valence-electron chi connectivity index (χ1n) is 7.06. The van der Waals surface area contributed by atoms with Gasteiger partial charge in [-0.2, -0.15) is 0 Å². The van der Waals surface area contributed by atoms with Crippen LogP contribution in [0.4, 0.5) is 0 Å². The van der Waals surface area contributed by atoms with Gasteiger partial charge in [0.1, 0.15) is 0 Å². The number of benzene rings is 1. The molecular weight excluding hydrogens is 254 g/mol. The number of hydrogen-bond acceptors (Lipinski definition) is 2. The number of aliphatic carboxylic acids is 1. The van der Waals surface area contributed by atoms with Gasteiger partial charge in [-0.05, 0) is 30.4 Å². The molecule has 1 aromatic rings. The smallest absolute Gasteiger partial charge is 0.305 e. The largest absolute Gasteiger partial charge is 0.481 e. The zero-order valence-electron chi connectivity index (χ0n) is 12.3. The Morgan fingerprint density at radius 3 is 2.25 bits per heavy atom. The first-order chi connectivity index (χ1) is 9.52. The second kappa shape index (κ2) is 8.35. The van der Waals surface area contributed by atoms with Crippen LogP contribution in [-0.2, 0) is 22.4 Å². The molecule has 0 bridgehead atoms. The maximum Gasteiger partial charge on any atom is 0.305 e. The van der Waals surface area contributed by atoms with Crippen LogP contribution in [0.2, 0.25) is 0 Å². The van der Waals surface area contributed by atoms with E-state index in [1.165, 1.54) is 16.0 Å². The molecule has 110 valence electrons. The maximum atomic E-state index is 11.8. The molecule has 0 aliphatic heterocycles. The number of aryl methyl sites for hydroxylation is 2. The molecule has 1 N–H and O–H groups in total. The third-order valence-electron chi connectivity index (χ3n) is 3.37. The fourth-order valence-corrected chi connectivity index (χ4v) is 1.96. The van der Waals surface area contributed by atoms with Gasteiger partial charge in [0.25, 0.3) is 0 Å². The summed E-state index contributed by atoms with van der Waals surface area (Å²) >= 11 is 0. The van der Waals surface area contributed by atoms with Gasteiger partial charge in [0.2, 0.25) is 5.91 Å². The van der Waals surface area contributed by atoms with Crippen LogP contribution < -0.4 is 0 Å². The second-order valence-electron chi connectivity index (χ2n) is 4.98. The molecule has 0 aromatic heterocycles. The van der Waals surface area contributed by atoms with Crippen molar-refractivity contribution in [3.8, 4) is 0 Å². The lowest BCUT2D eigenvalue weighted by Crippen LogP contribution is -2.28. The lowest BCUT2D eigenvalue weighted by Gasteiger charge is -2.15. The van der Waals surface area contributed by atoms with Crippen LogP contribution in [0.1, 0.15) is 37.3 Å². The molecule has 1 aromatic carbocycles. The number of carbonyl (C=O) groups excluding carboxylic acids is 1. The van der Waals surface area contributed by atoms with Gasteiger partial charge in [-0.15, -0.1) is 0 Å². The Morgan fingerprint density at radius 2 is 1.70 bits per heavy atom. The highest BCUT2D eigenvalue weighted by Gasteiger charge is 2.09. The van der Waals surface area contributed by atoms with Gasteiger partial charge < -0.3 is 10.0 Å². The van der Waals surface area contributed by atoms with Gasteiger partial charge in [-0.3, -0.25) is 9.59 Å². The standard InChI is InChI=1S/C16H23NO3/c1-3-13-7-9-14(10-8-13)5-4-6-15(18)17(2)12-11-16(19)20/h7-10H,3-6,11-12H2,1-2H3,(H,19,20). The van der Waals surface area contributed by atoms with E-state index in [9.17, 15) is 9.59 Å². The molecule has 1 rings (SSSR count). The fraction of sp³-hybridized carbons (Fsp3) is 0.500. The number of rotatable bonds is 8. The molecule has 0 heterocycles. The van der Waals surface area contributed by atoms with E-state index in [1.807, 2.05) is 0 Å². The van der Waals surface area contributed by atoms with Gasteiger partial charge in [0.15, 0.2) is 0 Å². The molecular formula is C16H23NO3. The monoisotopic (exact) mass is 277 g/mol. The van der Waals surface area contributed by atoms with E-state index >= 15 is 0 Å². The molecule has 0 radical (unpaired) electrons. The van der Waals surface area contributed by atoms with Crippen LogP contribution in [0, 0.1) is 0 Å². The van der Waals surface area contributed by atoms with Gasteiger partial charge >= 0.3 is 5.97 Å². The van der Waals surface area contributed by atoms with Gasteiger partial charge in [0.05, 0.1) is 6.42 Å². The highest BCUT2D eigenvalue weighted by molar-refractivity contribution is 5.76. The van der Waals surface area contributed by atoms with Crippen molar-refractivity contribution in [1.29, 1.82) is 0 Å². The molecule has 4 nitrogen and oxygen atoms in total. The predicted molar refractivity (Wildman–Crippen MR) is 78.6 cm³/mol. The van der Waals surface area contributed by atoms with Crippen molar-refractivity contribution in [2.45, 2.75) is 39.0 Å².